The van der Waals surface area contributed by atoms with Crippen LogP contribution in [0.1, 0.15) is 31.6 Å². The maximum absolute atomic E-state index is 5.79. The molecule has 2 aromatic rings. The Kier molecular flexibility index (Phi) is 4.91. The smallest absolute Gasteiger partial charge is 0.283 e. The molecule has 0 unspecified atom stereocenters. The van der Waals surface area contributed by atoms with Gasteiger partial charge < -0.3 is 18.3 Å². The zero-order valence-electron chi connectivity index (χ0n) is 13.7. The maximum Gasteiger partial charge on any atom is 0.283 e. The van der Waals surface area contributed by atoms with Gasteiger partial charge in [0.15, 0.2) is 5.76 Å². The lowest BCUT2D eigenvalue weighted by molar-refractivity contribution is 0.0316. The molecule has 2 fully saturated rings. The van der Waals surface area contributed by atoms with Gasteiger partial charge in [0.05, 0.1) is 25.0 Å². The quantitative estimate of drug-likeness (QED) is 0.770. The molecule has 0 radical (unpaired) electrons. The molecule has 4 heterocycles. The summed E-state index contributed by atoms with van der Waals surface area (Å²) < 4.78 is 22.6. The lowest BCUT2D eigenvalue weighted by Crippen LogP contribution is -2.37. The second kappa shape index (κ2) is 7.46. The van der Waals surface area contributed by atoms with E-state index in [0.29, 0.717) is 36.3 Å². The zero-order chi connectivity index (χ0) is 16.2. The minimum absolute atomic E-state index is 0.291. The number of hydrogen-bond donors (Lipinski definition) is 0. The Morgan fingerprint density at radius 3 is 2.38 bits per heavy atom. The van der Waals surface area contributed by atoms with Crippen LogP contribution in [0, 0.1) is 0 Å². The van der Waals surface area contributed by atoms with Crippen LogP contribution in [-0.2, 0) is 16.0 Å². The Balaban J connectivity index is 1.41. The molecule has 0 aliphatic carbocycles. The highest BCUT2D eigenvalue weighted by Gasteiger charge is 2.25. The van der Waals surface area contributed by atoms with Crippen molar-refractivity contribution in [3.8, 4) is 11.7 Å². The summed E-state index contributed by atoms with van der Waals surface area (Å²) in [6, 6.07) is 3.62. The Morgan fingerprint density at radius 1 is 1.04 bits per heavy atom. The van der Waals surface area contributed by atoms with Gasteiger partial charge in [-0.1, -0.05) is 0 Å². The van der Waals surface area contributed by atoms with Gasteiger partial charge in [-0.2, -0.15) is 0 Å². The van der Waals surface area contributed by atoms with E-state index in [1.807, 2.05) is 6.07 Å². The average molecular weight is 333 g/mol. The second-order valence-corrected chi connectivity index (χ2v) is 6.44. The summed E-state index contributed by atoms with van der Waals surface area (Å²) in [5.41, 5.74) is 0. The van der Waals surface area contributed by atoms with Gasteiger partial charge in [-0.05, 0) is 37.8 Å². The molecule has 2 aromatic heterocycles. The summed E-state index contributed by atoms with van der Waals surface area (Å²) in [5, 5.41) is 8.24. The first kappa shape index (κ1) is 15.8. The predicted octanol–water partition coefficient (Wildman–Crippen LogP) is 2.49. The lowest BCUT2D eigenvalue weighted by Gasteiger charge is -2.26. The van der Waals surface area contributed by atoms with Crippen molar-refractivity contribution in [1.29, 1.82) is 0 Å². The van der Waals surface area contributed by atoms with E-state index in [9.17, 15) is 0 Å². The van der Waals surface area contributed by atoms with Crippen molar-refractivity contribution >= 4 is 0 Å². The summed E-state index contributed by atoms with van der Waals surface area (Å²) in [6.07, 6.45) is 6.69. The van der Waals surface area contributed by atoms with Crippen molar-refractivity contribution < 1.29 is 18.3 Å². The molecule has 2 aliphatic heterocycles. The molecule has 7 nitrogen and oxygen atoms in total. The predicted molar refractivity (Wildman–Crippen MR) is 85.2 cm³/mol. The first-order chi connectivity index (χ1) is 11.9. The van der Waals surface area contributed by atoms with Gasteiger partial charge in [-0.15, -0.1) is 10.2 Å². The maximum atomic E-state index is 5.79. The number of hydrogen-bond acceptors (Lipinski definition) is 7. The molecule has 4 rings (SSSR count). The van der Waals surface area contributed by atoms with Gasteiger partial charge in [0.2, 0.25) is 5.89 Å². The highest BCUT2D eigenvalue weighted by atomic mass is 16.5. The highest BCUT2D eigenvalue weighted by Crippen LogP contribution is 2.21. The Morgan fingerprint density at radius 2 is 1.79 bits per heavy atom. The van der Waals surface area contributed by atoms with Crippen LogP contribution in [0.3, 0.4) is 0 Å². The number of ether oxygens (including phenoxy) is 2. The van der Waals surface area contributed by atoms with Crippen molar-refractivity contribution in [2.75, 3.05) is 26.3 Å². The van der Waals surface area contributed by atoms with E-state index in [1.165, 1.54) is 0 Å². The van der Waals surface area contributed by atoms with Gasteiger partial charge in [0.1, 0.15) is 0 Å². The topological polar surface area (TPSA) is 73.8 Å². The SMILES string of the molecule is c1coc(-c2nnc(CN(C[C@H]3CCCO3)C[C@@H]3CCCO3)o2)c1. The van der Waals surface area contributed by atoms with Crippen molar-refractivity contribution in [2.24, 2.45) is 0 Å². The van der Waals surface area contributed by atoms with Crippen LogP contribution in [0.2, 0.25) is 0 Å². The molecule has 0 spiro atoms. The first-order valence-electron chi connectivity index (χ1n) is 8.68. The van der Waals surface area contributed by atoms with Gasteiger partial charge in [-0.3, -0.25) is 4.90 Å². The van der Waals surface area contributed by atoms with Gasteiger partial charge >= 0.3 is 0 Å². The summed E-state index contributed by atoms with van der Waals surface area (Å²) in [6.45, 7) is 4.08. The molecule has 24 heavy (non-hydrogen) atoms. The Labute approximate surface area is 140 Å². The number of rotatable bonds is 7. The third-order valence-electron chi connectivity index (χ3n) is 4.53. The summed E-state index contributed by atoms with van der Waals surface area (Å²) >= 11 is 0. The Bertz CT molecular complexity index is 598. The first-order valence-corrected chi connectivity index (χ1v) is 8.68. The van der Waals surface area contributed by atoms with E-state index in [1.54, 1.807) is 12.3 Å². The Hall–Kier alpha value is -1.70. The van der Waals surface area contributed by atoms with Crippen molar-refractivity contribution in [3.63, 3.8) is 0 Å². The van der Waals surface area contributed by atoms with Crippen LogP contribution in [0.25, 0.3) is 11.7 Å². The van der Waals surface area contributed by atoms with Gasteiger partial charge in [0.25, 0.3) is 5.89 Å². The van der Waals surface area contributed by atoms with Crippen LogP contribution in [0.4, 0.5) is 0 Å². The summed E-state index contributed by atoms with van der Waals surface area (Å²) in [5.74, 6) is 1.61. The average Bonchev–Trinajstić information content (AvgIpc) is 3.37. The molecule has 0 N–H and O–H groups in total. The fraction of sp³-hybridized carbons (Fsp3) is 0.647. The van der Waals surface area contributed by atoms with Crippen molar-refractivity contribution in [2.45, 2.75) is 44.4 Å². The monoisotopic (exact) mass is 333 g/mol. The standard InChI is InChI=1S/C17H23N3O4/c1-4-13(21-7-1)10-20(11-14-5-2-8-22-14)12-16-18-19-17(24-16)15-6-3-9-23-15/h3,6,9,13-14H,1-2,4-5,7-8,10-12H2/t13-,14+. The number of aromatic nitrogens is 2. The van der Waals surface area contributed by atoms with E-state index in [0.717, 1.165) is 52.0 Å². The molecule has 0 saturated carbocycles. The highest BCUT2D eigenvalue weighted by molar-refractivity contribution is 5.42. The van der Waals surface area contributed by atoms with E-state index < -0.39 is 0 Å². The lowest BCUT2D eigenvalue weighted by atomic mass is 10.2. The third-order valence-corrected chi connectivity index (χ3v) is 4.53. The van der Waals surface area contributed by atoms with Crippen LogP contribution in [0.5, 0.6) is 0 Å². The van der Waals surface area contributed by atoms with Gasteiger partial charge in [0, 0.05) is 26.3 Å². The minimum Gasteiger partial charge on any atom is -0.459 e. The van der Waals surface area contributed by atoms with Crippen LogP contribution < -0.4 is 0 Å². The van der Waals surface area contributed by atoms with Crippen LogP contribution >= 0.6 is 0 Å². The summed E-state index contributed by atoms with van der Waals surface area (Å²) in [4.78, 5) is 2.31. The van der Waals surface area contributed by atoms with Gasteiger partial charge in [-0.25, -0.2) is 0 Å². The zero-order valence-corrected chi connectivity index (χ0v) is 13.7. The number of furan rings is 1. The molecule has 2 atom stereocenters. The molecule has 0 bridgehead atoms. The normalized spacial score (nSPS) is 24.2. The van der Waals surface area contributed by atoms with E-state index >= 15 is 0 Å². The second-order valence-electron chi connectivity index (χ2n) is 6.44. The summed E-state index contributed by atoms with van der Waals surface area (Å²) in [7, 11) is 0. The molecule has 0 amide bonds. The van der Waals surface area contributed by atoms with E-state index in [2.05, 4.69) is 15.1 Å². The minimum atomic E-state index is 0.291. The molecule has 130 valence electrons. The third kappa shape index (κ3) is 3.85. The van der Waals surface area contributed by atoms with E-state index in [-0.39, 0.29) is 0 Å². The molecule has 0 aromatic carbocycles. The van der Waals surface area contributed by atoms with E-state index in [4.69, 9.17) is 18.3 Å². The largest absolute Gasteiger partial charge is 0.459 e. The molecular formula is C17H23N3O4. The van der Waals surface area contributed by atoms with Crippen LogP contribution in [-0.4, -0.2) is 53.6 Å². The molecular weight excluding hydrogens is 310 g/mol. The molecule has 7 heteroatoms. The fourth-order valence-electron chi connectivity index (χ4n) is 3.36. The van der Waals surface area contributed by atoms with Crippen LogP contribution in [0.15, 0.2) is 27.2 Å². The van der Waals surface area contributed by atoms with Crippen molar-refractivity contribution in [3.05, 3.63) is 24.3 Å². The van der Waals surface area contributed by atoms with Crippen molar-refractivity contribution in [1.82, 2.24) is 15.1 Å². The fourth-order valence-corrected chi connectivity index (χ4v) is 3.36. The molecule has 2 saturated heterocycles. The molecule has 2 aliphatic rings. The number of nitrogens with zero attached hydrogens (tertiary/aromatic N) is 3.